The Bertz CT molecular complexity index is 1500. The Morgan fingerprint density at radius 1 is 1.08 bits per heavy atom. The number of sulfonamides is 1. The number of fused-ring (bicyclic) bond motifs is 1. The number of oxazole rings is 1. The van der Waals surface area contributed by atoms with E-state index in [2.05, 4.69) is 4.98 Å². The van der Waals surface area contributed by atoms with E-state index >= 15 is 0 Å². The highest BCUT2D eigenvalue weighted by Gasteiger charge is 2.48. The second-order valence-electron chi connectivity index (χ2n) is 8.23. The van der Waals surface area contributed by atoms with Gasteiger partial charge in [-0.1, -0.05) is 18.2 Å². The van der Waals surface area contributed by atoms with Crippen molar-refractivity contribution in [2.24, 2.45) is 0 Å². The van der Waals surface area contributed by atoms with Gasteiger partial charge in [0.2, 0.25) is 11.8 Å². The highest BCUT2D eigenvalue weighted by atomic mass is 32.2. The number of amides is 2. The van der Waals surface area contributed by atoms with Crippen LogP contribution >= 0.6 is 11.3 Å². The summed E-state index contributed by atoms with van der Waals surface area (Å²) in [5, 5.41) is 1.63. The number of anilines is 1. The van der Waals surface area contributed by atoms with Gasteiger partial charge in [0, 0.05) is 19.8 Å². The van der Waals surface area contributed by atoms with Crippen LogP contribution in [0.4, 0.5) is 5.69 Å². The van der Waals surface area contributed by atoms with Crippen LogP contribution in [0.1, 0.15) is 6.42 Å². The van der Waals surface area contributed by atoms with E-state index in [1.807, 2.05) is 24.3 Å². The number of benzene rings is 2. The summed E-state index contributed by atoms with van der Waals surface area (Å²) in [6.07, 6.45) is -1.24. The van der Waals surface area contributed by atoms with E-state index < -0.39 is 34.2 Å². The minimum absolute atomic E-state index is 0.0554. The lowest BCUT2D eigenvalue weighted by Gasteiger charge is -2.28. The zero-order valence-electron chi connectivity index (χ0n) is 19.9. The molecule has 0 spiro atoms. The molecule has 5 rings (SSSR count). The lowest BCUT2D eigenvalue weighted by molar-refractivity contribution is -0.125. The van der Waals surface area contributed by atoms with Crippen molar-refractivity contribution in [1.29, 1.82) is 0 Å². The summed E-state index contributed by atoms with van der Waals surface area (Å²) in [7, 11) is -1.36. The Morgan fingerprint density at radius 3 is 2.46 bits per heavy atom. The summed E-state index contributed by atoms with van der Waals surface area (Å²) >= 11 is 1.02. The maximum atomic E-state index is 13.5. The predicted octanol–water partition coefficient (Wildman–Crippen LogP) is 3.50. The van der Waals surface area contributed by atoms with Gasteiger partial charge in [0.25, 0.3) is 15.9 Å². The fourth-order valence-corrected chi connectivity index (χ4v) is 6.86. The van der Waals surface area contributed by atoms with Crippen LogP contribution in [0.5, 0.6) is 0 Å². The van der Waals surface area contributed by atoms with E-state index in [-0.39, 0.29) is 17.2 Å². The average Bonchev–Trinajstić information content (AvgIpc) is 3.64. The number of ether oxygens (including phenoxy) is 2. The summed E-state index contributed by atoms with van der Waals surface area (Å²) in [5.74, 6) is -0.754. The Morgan fingerprint density at radius 2 is 1.81 bits per heavy atom. The first-order valence-electron chi connectivity index (χ1n) is 11.3. The molecule has 4 aromatic rings. The first kappa shape index (κ1) is 25.2. The number of aromatic nitrogens is 1. The first-order valence-corrected chi connectivity index (χ1v) is 13.6. The Labute approximate surface area is 217 Å². The highest BCUT2D eigenvalue weighted by molar-refractivity contribution is 7.91. The number of hydrogen-bond donors (Lipinski definition) is 0. The molecule has 12 heteroatoms. The van der Waals surface area contributed by atoms with Crippen molar-refractivity contribution in [1.82, 2.24) is 9.29 Å². The van der Waals surface area contributed by atoms with Crippen LogP contribution in [0.15, 0.2) is 74.7 Å². The number of imide groups is 1. The van der Waals surface area contributed by atoms with Gasteiger partial charge in [-0.15, -0.1) is 11.3 Å². The second kappa shape index (κ2) is 10.1. The van der Waals surface area contributed by atoms with Crippen LogP contribution in [-0.2, 0) is 29.1 Å². The summed E-state index contributed by atoms with van der Waals surface area (Å²) in [4.78, 5) is 32.0. The molecule has 0 saturated carbocycles. The van der Waals surface area contributed by atoms with Gasteiger partial charge in [-0.3, -0.25) is 9.59 Å². The monoisotopic (exact) mass is 541 g/mol. The van der Waals surface area contributed by atoms with E-state index in [4.69, 9.17) is 13.9 Å². The van der Waals surface area contributed by atoms with Crippen LogP contribution in [0, 0.1) is 0 Å². The van der Waals surface area contributed by atoms with Crippen molar-refractivity contribution in [2.45, 2.75) is 23.0 Å². The summed E-state index contributed by atoms with van der Waals surface area (Å²) in [6, 6.07) is 15.8. The Hall–Kier alpha value is -3.42. The standard InChI is InChI=1S/C25H23N3O7S2/c1-33-22(34-2)15-27(37(31,32)23-8-5-13-36-23)19-14-21(29)28(25(19)30)17-11-9-16(10-12-17)24-26-18-6-3-4-7-20(18)35-24/h3-13,19,22H,14-15H2,1-2H3. The van der Waals surface area contributed by atoms with Crippen molar-refractivity contribution in [2.75, 3.05) is 25.7 Å². The third-order valence-corrected chi connectivity index (χ3v) is 9.30. The molecule has 37 heavy (non-hydrogen) atoms. The van der Waals surface area contributed by atoms with Gasteiger partial charge in [-0.25, -0.2) is 18.3 Å². The van der Waals surface area contributed by atoms with Crippen LogP contribution in [0.2, 0.25) is 0 Å². The maximum Gasteiger partial charge on any atom is 0.253 e. The average molecular weight is 542 g/mol. The molecular formula is C25H23N3O7S2. The minimum Gasteiger partial charge on any atom is -0.436 e. The number of rotatable bonds is 9. The van der Waals surface area contributed by atoms with E-state index in [0.717, 1.165) is 20.5 Å². The molecular weight excluding hydrogens is 518 g/mol. The number of carbonyl (C=O) groups excluding carboxylic acids is 2. The molecule has 0 bridgehead atoms. The maximum absolute atomic E-state index is 13.5. The molecule has 0 aliphatic carbocycles. The molecule has 1 unspecified atom stereocenters. The molecule has 0 N–H and O–H groups in total. The number of methoxy groups -OCH3 is 2. The molecule has 1 aliphatic heterocycles. The molecule has 1 atom stereocenters. The molecule has 2 aromatic carbocycles. The molecule has 1 aliphatic rings. The van der Waals surface area contributed by atoms with E-state index in [1.54, 1.807) is 35.7 Å². The Balaban J connectivity index is 1.44. The minimum atomic E-state index is -4.10. The number of para-hydroxylation sites is 2. The highest BCUT2D eigenvalue weighted by Crippen LogP contribution is 2.32. The van der Waals surface area contributed by atoms with Crippen molar-refractivity contribution in [3.05, 3.63) is 66.0 Å². The predicted molar refractivity (Wildman–Crippen MR) is 136 cm³/mol. The summed E-state index contributed by atoms with van der Waals surface area (Å²) < 4.78 is 44.1. The van der Waals surface area contributed by atoms with Crippen LogP contribution in [0.25, 0.3) is 22.6 Å². The van der Waals surface area contributed by atoms with Crippen molar-refractivity contribution in [3.63, 3.8) is 0 Å². The van der Waals surface area contributed by atoms with Crippen molar-refractivity contribution < 1.29 is 31.9 Å². The smallest absolute Gasteiger partial charge is 0.253 e. The number of carbonyl (C=O) groups is 2. The van der Waals surface area contributed by atoms with Gasteiger partial charge in [-0.2, -0.15) is 4.31 Å². The largest absolute Gasteiger partial charge is 0.436 e. The van der Waals surface area contributed by atoms with Crippen LogP contribution in [-0.4, -0.2) is 62.6 Å². The fraction of sp³-hybridized carbons (Fsp3) is 0.240. The normalized spacial score (nSPS) is 16.5. The number of thiophene rings is 1. The Kier molecular flexibility index (Phi) is 6.92. The van der Waals surface area contributed by atoms with Gasteiger partial charge in [0.05, 0.1) is 18.7 Å². The molecule has 1 fully saturated rings. The number of hydrogen-bond acceptors (Lipinski definition) is 9. The number of nitrogens with zero attached hydrogens (tertiary/aromatic N) is 3. The lowest BCUT2D eigenvalue weighted by atomic mass is 10.2. The first-order chi connectivity index (χ1) is 17.8. The third kappa shape index (κ3) is 4.69. The van der Waals surface area contributed by atoms with Crippen molar-refractivity contribution in [3.8, 4) is 11.5 Å². The van der Waals surface area contributed by atoms with Gasteiger partial charge in [-0.05, 0) is 47.8 Å². The molecule has 1 saturated heterocycles. The quantitative estimate of drug-likeness (QED) is 0.233. The summed E-state index contributed by atoms with van der Waals surface area (Å²) in [5.41, 5.74) is 2.35. The zero-order chi connectivity index (χ0) is 26.2. The topological polar surface area (TPSA) is 119 Å². The fourth-order valence-electron chi connectivity index (χ4n) is 4.17. The van der Waals surface area contributed by atoms with Gasteiger partial charge < -0.3 is 13.9 Å². The van der Waals surface area contributed by atoms with Crippen molar-refractivity contribution >= 4 is 50.0 Å². The van der Waals surface area contributed by atoms with Gasteiger partial charge >= 0.3 is 0 Å². The SMILES string of the molecule is COC(CN(C1CC(=O)N(c2ccc(-c3nc4ccccc4o3)cc2)C1=O)S(=O)(=O)c1cccs1)OC. The molecule has 2 aromatic heterocycles. The van der Waals surface area contributed by atoms with Gasteiger partial charge in [0.1, 0.15) is 15.8 Å². The molecule has 10 nitrogen and oxygen atoms in total. The van der Waals surface area contributed by atoms with Crippen LogP contribution in [0.3, 0.4) is 0 Å². The lowest BCUT2D eigenvalue weighted by Crippen LogP contribution is -2.48. The van der Waals surface area contributed by atoms with Crippen LogP contribution < -0.4 is 4.90 Å². The van der Waals surface area contributed by atoms with Gasteiger partial charge in [0.15, 0.2) is 11.9 Å². The molecule has 0 radical (unpaired) electrons. The molecule has 2 amide bonds. The molecule has 192 valence electrons. The third-order valence-electron chi connectivity index (χ3n) is 6.05. The van der Waals surface area contributed by atoms with E-state index in [9.17, 15) is 18.0 Å². The van der Waals surface area contributed by atoms with E-state index in [1.165, 1.54) is 20.3 Å². The zero-order valence-corrected chi connectivity index (χ0v) is 21.6. The second-order valence-corrected chi connectivity index (χ2v) is 11.3. The molecule has 3 heterocycles. The van der Waals surface area contributed by atoms with E-state index in [0.29, 0.717) is 28.2 Å². The summed E-state index contributed by atoms with van der Waals surface area (Å²) in [6.45, 7) is -0.262.